The van der Waals surface area contributed by atoms with Gasteiger partial charge in [-0.25, -0.2) is 9.78 Å². The molecule has 0 fully saturated rings. The molecule has 8 heteroatoms. The standard InChI is InChI=1S/C9H9N3O4S/c1-5-2-7(13)12-9(10-5)17-6(11-12)3-16-4-8(14)15/h2H,3-4H2,1H3,(H,14,15). The second-order valence-electron chi connectivity index (χ2n) is 3.31. The summed E-state index contributed by atoms with van der Waals surface area (Å²) in [5, 5.41) is 12.9. The first-order chi connectivity index (χ1) is 8.06. The molecule has 90 valence electrons. The van der Waals surface area contributed by atoms with Gasteiger partial charge in [-0.15, -0.1) is 0 Å². The van der Waals surface area contributed by atoms with Crippen LogP contribution in [0.2, 0.25) is 0 Å². The first-order valence-corrected chi connectivity index (χ1v) is 5.54. The van der Waals surface area contributed by atoms with Crippen LogP contribution in [0.25, 0.3) is 4.96 Å². The Labute approximate surface area is 99.3 Å². The molecule has 0 spiro atoms. The fourth-order valence-corrected chi connectivity index (χ4v) is 2.13. The molecular formula is C9H9N3O4S. The molecule has 7 nitrogen and oxygen atoms in total. The van der Waals surface area contributed by atoms with Gasteiger partial charge in [0.15, 0.2) is 0 Å². The first kappa shape index (κ1) is 11.7. The van der Waals surface area contributed by atoms with Crippen molar-refractivity contribution in [3.8, 4) is 0 Å². The Hall–Kier alpha value is -1.80. The highest BCUT2D eigenvalue weighted by molar-refractivity contribution is 7.16. The molecule has 0 aliphatic heterocycles. The summed E-state index contributed by atoms with van der Waals surface area (Å²) in [6.07, 6.45) is 0. The maximum Gasteiger partial charge on any atom is 0.329 e. The van der Waals surface area contributed by atoms with Gasteiger partial charge in [0.05, 0.1) is 0 Å². The van der Waals surface area contributed by atoms with Crippen molar-refractivity contribution in [2.45, 2.75) is 13.5 Å². The summed E-state index contributed by atoms with van der Waals surface area (Å²) < 4.78 is 6.06. The first-order valence-electron chi connectivity index (χ1n) is 4.72. The third-order valence-corrected chi connectivity index (χ3v) is 2.75. The zero-order valence-electron chi connectivity index (χ0n) is 8.91. The largest absolute Gasteiger partial charge is 0.480 e. The SMILES string of the molecule is Cc1cc(=O)n2nc(COCC(=O)O)sc2n1. The van der Waals surface area contributed by atoms with Gasteiger partial charge >= 0.3 is 5.97 Å². The van der Waals surface area contributed by atoms with E-state index in [1.807, 2.05) is 0 Å². The minimum atomic E-state index is -1.04. The minimum Gasteiger partial charge on any atom is -0.480 e. The van der Waals surface area contributed by atoms with Crippen LogP contribution in [0.4, 0.5) is 0 Å². The molecule has 0 bridgehead atoms. The Morgan fingerprint density at radius 3 is 3.12 bits per heavy atom. The lowest BCUT2D eigenvalue weighted by molar-refractivity contribution is -0.142. The average Bonchev–Trinajstić information content (AvgIpc) is 2.60. The summed E-state index contributed by atoms with van der Waals surface area (Å²) in [6, 6.07) is 1.38. The van der Waals surface area contributed by atoms with E-state index in [1.165, 1.54) is 21.9 Å². The van der Waals surface area contributed by atoms with E-state index >= 15 is 0 Å². The van der Waals surface area contributed by atoms with E-state index in [0.29, 0.717) is 15.7 Å². The summed E-state index contributed by atoms with van der Waals surface area (Å²) in [4.78, 5) is 26.4. The molecule has 2 aromatic rings. The number of aliphatic carboxylic acids is 1. The van der Waals surface area contributed by atoms with Crippen LogP contribution in [-0.4, -0.2) is 32.3 Å². The number of aryl methyl sites for hydroxylation is 1. The van der Waals surface area contributed by atoms with E-state index in [-0.39, 0.29) is 12.2 Å². The van der Waals surface area contributed by atoms with Crippen LogP contribution < -0.4 is 5.56 Å². The third kappa shape index (κ3) is 2.66. The Kier molecular flexibility index (Phi) is 3.16. The highest BCUT2D eigenvalue weighted by Gasteiger charge is 2.08. The lowest BCUT2D eigenvalue weighted by Crippen LogP contribution is -2.14. The van der Waals surface area contributed by atoms with Crippen LogP contribution >= 0.6 is 11.3 Å². The van der Waals surface area contributed by atoms with E-state index < -0.39 is 12.6 Å². The average molecular weight is 255 g/mol. The maximum absolute atomic E-state index is 11.5. The van der Waals surface area contributed by atoms with Gasteiger partial charge in [-0.3, -0.25) is 4.79 Å². The zero-order valence-corrected chi connectivity index (χ0v) is 9.73. The van der Waals surface area contributed by atoms with Crippen molar-refractivity contribution in [3.63, 3.8) is 0 Å². The molecule has 0 radical (unpaired) electrons. The van der Waals surface area contributed by atoms with Gasteiger partial charge in [-0.05, 0) is 6.92 Å². The van der Waals surface area contributed by atoms with E-state index in [1.54, 1.807) is 6.92 Å². The van der Waals surface area contributed by atoms with Crippen LogP contribution in [0.3, 0.4) is 0 Å². The lowest BCUT2D eigenvalue weighted by atomic mass is 10.5. The predicted octanol–water partition coefficient (Wildman–Crippen LogP) is 0.0606. The lowest BCUT2D eigenvalue weighted by Gasteiger charge is -1.94. The zero-order chi connectivity index (χ0) is 12.4. The highest BCUT2D eigenvalue weighted by Crippen LogP contribution is 2.12. The van der Waals surface area contributed by atoms with Crippen molar-refractivity contribution in [1.82, 2.24) is 14.6 Å². The quantitative estimate of drug-likeness (QED) is 0.830. The summed E-state index contributed by atoms with van der Waals surface area (Å²) in [5.41, 5.74) is 0.366. The van der Waals surface area contributed by atoms with Gasteiger partial charge in [0.1, 0.15) is 18.2 Å². The van der Waals surface area contributed by atoms with Crippen molar-refractivity contribution in [2.24, 2.45) is 0 Å². The smallest absolute Gasteiger partial charge is 0.329 e. The van der Waals surface area contributed by atoms with E-state index in [9.17, 15) is 9.59 Å². The number of nitrogens with zero attached hydrogens (tertiary/aromatic N) is 3. The molecule has 17 heavy (non-hydrogen) atoms. The van der Waals surface area contributed by atoms with Crippen LogP contribution in [0.15, 0.2) is 10.9 Å². The molecule has 1 N–H and O–H groups in total. The summed E-state index contributed by atoms with van der Waals surface area (Å²) in [5.74, 6) is -1.04. The van der Waals surface area contributed by atoms with Crippen LogP contribution in [0.1, 0.15) is 10.7 Å². The molecule has 2 aromatic heterocycles. The fourth-order valence-electron chi connectivity index (χ4n) is 1.24. The van der Waals surface area contributed by atoms with E-state index in [4.69, 9.17) is 9.84 Å². The van der Waals surface area contributed by atoms with Gasteiger partial charge in [0, 0.05) is 11.8 Å². The molecular weight excluding hydrogens is 246 g/mol. The van der Waals surface area contributed by atoms with Gasteiger partial charge in [0.25, 0.3) is 5.56 Å². The summed E-state index contributed by atoms with van der Waals surface area (Å²) in [7, 11) is 0. The maximum atomic E-state index is 11.5. The van der Waals surface area contributed by atoms with Crippen molar-refractivity contribution >= 4 is 22.3 Å². The number of carboxylic acid groups (broad SMARTS) is 1. The molecule has 0 saturated heterocycles. The Morgan fingerprint density at radius 1 is 1.65 bits per heavy atom. The molecule has 0 aromatic carbocycles. The van der Waals surface area contributed by atoms with Gasteiger partial charge in [-0.1, -0.05) is 11.3 Å². The van der Waals surface area contributed by atoms with Crippen molar-refractivity contribution < 1.29 is 14.6 Å². The molecule has 0 aliphatic carbocycles. The normalized spacial score (nSPS) is 10.9. The van der Waals surface area contributed by atoms with Gasteiger partial charge < -0.3 is 9.84 Å². The molecule has 2 rings (SSSR count). The summed E-state index contributed by atoms with van der Waals surface area (Å²) >= 11 is 1.20. The van der Waals surface area contributed by atoms with E-state index in [0.717, 1.165) is 0 Å². The Bertz CT molecular complexity index is 618. The molecule has 0 saturated carbocycles. The minimum absolute atomic E-state index is 0.0544. The third-order valence-electron chi connectivity index (χ3n) is 1.87. The monoisotopic (exact) mass is 255 g/mol. The van der Waals surface area contributed by atoms with Crippen molar-refractivity contribution in [3.05, 3.63) is 27.1 Å². The highest BCUT2D eigenvalue weighted by atomic mass is 32.1. The predicted molar refractivity (Wildman–Crippen MR) is 59.2 cm³/mol. The van der Waals surface area contributed by atoms with Crippen molar-refractivity contribution in [1.29, 1.82) is 0 Å². The topological polar surface area (TPSA) is 93.8 Å². The number of hydrogen-bond donors (Lipinski definition) is 1. The number of carboxylic acids is 1. The molecule has 0 atom stereocenters. The number of ether oxygens (including phenoxy) is 1. The number of fused-ring (bicyclic) bond motifs is 1. The van der Waals surface area contributed by atoms with E-state index in [2.05, 4.69) is 10.1 Å². The second kappa shape index (κ2) is 4.60. The number of aromatic nitrogens is 3. The van der Waals surface area contributed by atoms with Gasteiger partial charge in [0.2, 0.25) is 4.96 Å². The summed E-state index contributed by atoms with van der Waals surface area (Å²) in [6.45, 7) is 1.39. The number of carbonyl (C=O) groups is 1. The number of rotatable bonds is 4. The van der Waals surface area contributed by atoms with Crippen LogP contribution in [0.5, 0.6) is 0 Å². The van der Waals surface area contributed by atoms with Crippen LogP contribution in [-0.2, 0) is 16.1 Å². The Morgan fingerprint density at radius 2 is 2.41 bits per heavy atom. The van der Waals surface area contributed by atoms with Gasteiger partial charge in [-0.2, -0.15) is 9.61 Å². The Balaban J connectivity index is 2.23. The van der Waals surface area contributed by atoms with Crippen LogP contribution in [0, 0.1) is 6.92 Å². The molecule has 0 unspecified atom stereocenters. The molecule has 2 heterocycles. The second-order valence-corrected chi connectivity index (χ2v) is 4.35. The molecule has 0 aliphatic rings. The number of hydrogen-bond acceptors (Lipinski definition) is 6. The van der Waals surface area contributed by atoms with Crippen molar-refractivity contribution in [2.75, 3.05) is 6.61 Å². The molecule has 0 amide bonds. The fraction of sp³-hybridized carbons (Fsp3) is 0.333.